The molecule has 1 aliphatic rings. The smallest absolute Gasteiger partial charge is 0.246 e. The number of nitrogens with one attached hydrogen (secondary N) is 1. The van der Waals surface area contributed by atoms with Gasteiger partial charge in [0, 0.05) is 43.0 Å². The van der Waals surface area contributed by atoms with E-state index >= 15 is 0 Å². The molecule has 1 aromatic heterocycles. The Morgan fingerprint density at radius 2 is 2.11 bits per heavy atom. The lowest BCUT2D eigenvalue weighted by Crippen LogP contribution is -2.30. The first-order chi connectivity index (χ1) is 12.9. The third-order valence-electron chi connectivity index (χ3n) is 4.68. The second kappa shape index (κ2) is 8.61. The van der Waals surface area contributed by atoms with Crippen LogP contribution < -0.4 is 5.32 Å². The van der Waals surface area contributed by atoms with Crippen molar-refractivity contribution in [1.82, 2.24) is 14.7 Å². The van der Waals surface area contributed by atoms with Gasteiger partial charge in [0.15, 0.2) is 0 Å². The van der Waals surface area contributed by atoms with Crippen LogP contribution in [-0.4, -0.2) is 39.7 Å². The van der Waals surface area contributed by atoms with Crippen molar-refractivity contribution in [2.24, 2.45) is 5.92 Å². The van der Waals surface area contributed by atoms with E-state index in [2.05, 4.69) is 24.3 Å². The van der Waals surface area contributed by atoms with E-state index in [0.29, 0.717) is 17.6 Å². The Hall–Kier alpha value is -2.27. The normalized spacial score (nSPS) is 17.2. The average molecular weight is 387 g/mol. The highest BCUT2D eigenvalue weighted by Gasteiger charge is 2.25. The average Bonchev–Trinajstić information content (AvgIpc) is 3.19. The number of carbonyl (C=O) groups is 1. The van der Waals surface area contributed by atoms with Gasteiger partial charge in [-0.1, -0.05) is 43.6 Å². The Kier molecular flexibility index (Phi) is 6.22. The lowest BCUT2D eigenvalue weighted by molar-refractivity contribution is -0.124. The molecule has 1 unspecified atom stereocenters. The zero-order chi connectivity index (χ0) is 19.4. The van der Waals surface area contributed by atoms with Crippen LogP contribution in [0.3, 0.4) is 0 Å². The van der Waals surface area contributed by atoms with E-state index in [-0.39, 0.29) is 11.9 Å². The molecule has 27 heavy (non-hydrogen) atoms. The minimum Gasteiger partial charge on any atom is -0.380 e. The molecule has 1 aliphatic heterocycles. The van der Waals surface area contributed by atoms with Crippen LogP contribution in [0.15, 0.2) is 36.4 Å². The van der Waals surface area contributed by atoms with Gasteiger partial charge in [-0.25, -0.2) is 0 Å². The Labute approximate surface area is 166 Å². The summed E-state index contributed by atoms with van der Waals surface area (Å²) in [4.78, 5) is 14.4. The molecular formula is C21H27ClN4O. The van der Waals surface area contributed by atoms with Crippen molar-refractivity contribution in [3.05, 3.63) is 52.8 Å². The number of halogens is 1. The van der Waals surface area contributed by atoms with Gasteiger partial charge in [-0.2, -0.15) is 5.10 Å². The first-order valence-corrected chi connectivity index (χ1v) is 9.83. The number of aryl methyl sites for hydroxylation is 1. The quantitative estimate of drug-likeness (QED) is 0.756. The van der Waals surface area contributed by atoms with Crippen molar-refractivity contribution in [3.8, 4) is 0 Å². The number of likely N-dealkylation sites (tertiary alicyclic amines) is 1. The van der Waals surface area contributed by atoms with Crippen LogP contribution in [-0.2, 0) is 11.3 Å². The molecule has 0 radical (unpaired) electrons. The van der Waals surface area contributed by atoms with E-state index < -0.39 is 0 Å². The number of hydrogen-bond donors (Lipinski definition) is 1. The van der Waals surface area contributed by atoms with Gasteiger partial charge in [0.05, 0.1) is 5.69 Å². The molecule has 6 heteroatoms. The molecule has 1 amide bonds. The minimum atomic E-state index is 0.0134. The summed E-state index contributed by atoms with van der Waals surface area (Å²) in [6, 6.07) is 10.4. The Balaban J connectivity index is 1.60. The van der Waals surface area contributed by atoms with Crippen molar-refractivity contribution in [3.63, 3.8) is 0 Å². The first kappa shape index (κ1) is 19.5. The molecule has 2 aromatic rings. The monoisotopic (exact) mass is 386 g/mol. The fourth-order valence-electron chi connectivity index (χ4n) is 3.33. The first-order valence-electron chi connectivity index (χ1n) is 9.45. The van der Waals surface area contributed by atoms with Gasteiger partial charge in [-0.3, -0.25) is 9.48 Å². The fourth-order valence-corrected chi connectivity index (χ4v) is 3.64. The number of carbonyl (C=O) groups excluding carboxylic acids is 1. The second-order valence-electron chi connectivity index (χ2n) is 7.48. The zero-order valence-electron chi connectivity index (χ0n) is 16.2. The van der Waals surface area contributed by atoms with E-state index in [4.69, 9.17) is 11.6 Å². The highest BCUT2D eigenvalue weighted by Crippen LogP contribution is 2.23. The molecule has 144 valence electrons. The van der Waals surface area contributed by atoms with Crippen molar-refractivity contribution in [2.45, 2.75) is 39.8 Å². The molecule has 0 spiro atoms. The summed E-state index contributed by atoms with van der Waals surface area (Å²) in [5.41, 5.74) is 2.76. The lowest BCUT2D eigenvalue weighted by atomic mass is 10.2. The number of benzene rings is 1. The number of rotatable bonds is 6. The van der Waals surface area contributed by atoms with Crippen molar-refractivity contribution in [2.75, 3.05) is 18.4 Å². The summed E-state index contributed by atoms with van der Waals surface area (Å²) in [6.07, 6.45) is 4.35. The predicted molar refractivity (Wildman–Crippen MR) is 111 cm³/mol. The third-order valence-corrected chi connectivity index (χ3v) is 5.08. The van der Waals surface area contributed by atoms with Gasteiger partial charge < -0.3 is 10.2 Å². The van der Waals surface area contributed by atoms with Crippen LogP contribution >= 0.6 is 11.6 Å². The van der Waals surface area contributed by atoms with Gasteiger partial charge in [-0.05, 0) is 37.5 Å². The number of amides is 1. The fraction of sp³-hybridized carbons (Fsp3) is 0.429. The summed E-state index contributed by atoms with van der Waals surface area (Å²) < 4.78 is 1.81. The number of nitrogens with zero attached hydrogens (tertiary/aromatic N) is 3. The summed E-state index contributed by atoms with van der Waals surface area (Å²) in [5.74, 6) is 0.471. The maximum atomic E-state index is 12.6. The maximum absolute atomic E-state index is 12.6. The van der Waals surface area contributed by atoms with E-state index in [1.54, 1.807) is 16.8 Å². The largest absolute Gasteiger partial charge is 0.380 e. The highest BCUT2D eigenvalue weighted by atomic mass is 35.5. The van der Waals surface area contributed by atoms with Gasteiger partial charge in [-0.15, -0.1) is 0 Å². The Morgan fingerprint density at radius 1 is 1.37 bits per heavy atom. The molecule has 0 aliphatic carbocycles. The Morgan fingerprint density at radius 3 is 2.81 bits per heavy atom. The summed E-state index contributed by atoms with van der Waals surface area (Å²) >= 11 is 6.44. The molecule has 1 N–H and O–H groups in total. The van der Waals surface area contributed by atoms with Crippen LogP contribution in [0.4, 0.5) is 5.69 Å². The number of anilines is 1. The van der Waals surface area contributed by atoms with E-state index in [9.17, 15) is 4.79 Å². The zero-order valence-corrected chi connectivity index (χ0v) is 16.9. The van der Waals surface area contributed by atoms with Gasteiger partial charge in [0.25, 0.3) is 0 Å². The highest BCUT2D eigenvalue weighted by molar-refractivity contribution is 6.31. The maximum Gasteiger partial charge on any atom is 0.246 e. The van der Waals surface area contributed by atoms with Crippen molar-refractivity contribution < 1.29 is 4.79 Å². The van der Waals surface area contributed by atoms with Gasteiger partial charge in [0.2, 0.25) is 5.91 Å². The SMILES string of the molecule is Cc1nn(CC(C)C)c(Cl)c1/C=C/C(=O)N1CCC(Nc2ccccc2)C1. The molecule has 1 aromatic carbocycles. The number of para-hydroxylation sites is 1. The molecular weight excluding hydrogens is 360 g/mol. The van der Waals surface area contributed by atoms with Crippen LogP contribution in [0.5, 0.6) is 0 Å². The van der Waals surface area contributed by atoms with Crippen LogP contribution in [0.25, 0.3) is 6.08 Å². The summed E-state index contributed by atoms with van der Waals surface area (Å²) in [7, 11) is 0. The molecule has 1 saturated heterocycles. The second-order valence-corrected chi connectivity index (χ2v) is 7.84. The molecule has 1 fully saturated rings. The topological polar surface area (TPSA) is 50.2 Å². The van der Waals surface area contributed by atoms with E-state index in [1.807, 2.05) is 42.2 Å². The summed E-state index contributed by atoms with van der Waals surface area (Å²) in [6.45, 7) is 8.40. The summed E-state index contributed by atoms with van der Waals surface area (Å²) in [5, 5.41) is 8.56. The van der Waals surface area contributed by atoms with Gasteiger partial charge in [0.1, 0.15) is 5.15 Å². The number of aromatic nitrogens is 2. The molecule has 0 bridgehead atoms. The molecule has 1 atom stereocenters. The predicted octanol–water partition coefficient (Wildman–Crippen LogP) is 4.23. The molecule has 3 rings (SSSR count). The minimum absolute atomic E-state index is 0.0134. The number of hydrogen-bond acceptors (Lipinski definition) is 3. The molecule has 0 saturated carbocycles. The van der Waals surface area contributed by atoms with E-state index in [1.165, 1.54) is 0 Å². The van der Waals surface area contributed by atoms with Crippen LogP contribution in [0.2, 0.25) is 5.15 Å². The molecule has 2 heterocycles. The molecule has 5 nitrogen and oxygen atoms in total. The van der Waals surface area contributed by atoms with E-state index in [0.717, 1.165) is 36.5 Å². The lowest BCUT2D eigenvalue weighted by Gasteiger charge is -2.16. The standard InChI is InChI=1S/C21H27ClN4O/c1-15(2)13-26-21(22)19(16(3)24-26)9-10-20(27)25-12-11-18(14-25)23-17-7-5-4-6-8-17/h4-10,15,18,23H,11-14H2,1-3H3/b10-9+. The van der Waals surface area contributed by atoms with Crippen molar-refractivity contribution >= 4 is 29.3 Å². The van der Waals surface area contributed by atoms with Gasteiger partial charge >= 0.3 is 0 Å². The third kappa shape index (κ3) is 4.92. The Bertz CT molecular complexity index is 813. The van der Waals surface area contributed by atoms with Crippen LogP contribution in [0.1, 0.15) is 31.5 Å². The van der Waals surface area contributed by atoms with Crippen molar-refractivity contribution in [1.29, 1.82) is 0 Å². The van der Waals surface area contributed by atoms with Crippen LogP contribution in [0, 0.1) is 12.8 Å².